The molecule has 1 heterocycles. The molecule has 0 bridgehead atoms. The van der Waals surface area contributed by atoms with E-state index in [9.17, 15) is 0 Å². The number of aliphatic hydroxyl groups excluding tert-OH is 1. The van der Waals surface area contributed by atoms with Gasteiger partial charge in [0.15, 0.2) is 0 Å². The summed E-state index contributed by atoms with van der Waals surface area (Å²) >= 11 is 1.76. The second-order valence-electron chi connectivity index (χ2n) is 2.70. The summed E-state index contributed by atoms with van der Waals surface area (Å²) in [6.07, 6.45) is 0. The molecule has 0 radical (unpaired) electrons. The number of hydrogen-bond donors (Lipinski definition) is 1. The fourth-order valence-corrected chi connectivity index (χ4v) is 2.07. The van der Waals surface area contributed by atoms with Gasteiger partial charge in [-0.3, -0.25) is 0 Å². The van der Waals surface area contributed by atoms with E-state index in [-0.39, 0.29) is 12.4 Å². The predicted octanol–water partition coefficient (Wildman–Crippen LogP) is 2.94. The lowest BCUT2D eigenvalue weighted by Gasteiger charge is -1.88. The normalized spacial score (nSPS) is 8.86. The molecule has 0 amide bonds. The van der Waals surface area contributed by atoms with Crippen molar-refractivity contribution in [2.45, 2.75) is 13.8 Å². The second-order valence-corrected chi connectivity index (χ2v) is 3.94. The molecule has 0 spiro atoms. The first kappa shape index (κ1) is 13.4. The van der Waals surface area contributed by atoms with Gasteiger partial charge >= 0.3 is 0 Å². The molecule has 14 heavy (non-hydrogen) atoms. The zero-order chi connectivity index (χ0) is 9.84. The van der Waals surface area contributed by atoms with E-state index in [4.69, 9.17) is 5.11 Å². The molecule has 1 aromatic carbocycles. The Bertz CT molecular complexity index is 400. The Kier molecular flexibility index (Phi) is 5.69. The molecule has 2 rings (SSSR count). The third-order valence-corrected chi connectivity index (χ3v) is 2.58. The van der Waals surface area contributed by atoms with Crippen molar-refractivity contribution in [3.05, 3.63) is 28.8 Å². The standard InChI is InChI=1S/C9H9NS.CH4O.ClH/c1-6-3-4-8-9(5-6)11-7(2)10-8;1-2;/h3-5H,1-2H3;2H,1H3;1H. The molecule has 0 atom stereocenters. The summed E-state index contributed by atoms with van der Waals surface area (Å²) in [6.45, 7) is 4.15. The maximum Gasteiger partial charge on any atom is 0.0907 e. The van der Waals surface area contributed by atoms with Crippen LogP contribution < -0.4 is 0 Å². The van der Waals surface area contributed by atoms with Crippen LogP contribution >= 0.6 is 23.7 Å². The molecule has 0 saturated heterocycles. The fourth-order valence-electron chi connectivity index (χ4n) is 1.15. The van der Waals surface area contributed by atoms with Gasteiger partial charge in [0, 0.05) is 7.11 Å². The zero-order valence-electron chi connectivity index (χ0n) is 8.44. The van der Waals surface area contributed by atoms with E-state index in [1.165, 1.54) is 10.3 Å². The lowest BCUT2D eigenvalue weighted by Crippen LogP contribution is -1.70. The highest BCUT2D eigenvalue weighted by atomic mass is 35.5. The van der Waals surface area contributed by atoms with E-state index in [0.29, 0.717) is 0 Å². The van der Waals surface area contributed by atoms with Crippen LogP contribution in [0.5, 0.6) is 0 Å². The van der Waals surface area contributed by atoms with Crippen molar-refractivity contribution in [1.82, 2.24) is 4.98 Å². The number of thiazole rings is 1. The van der Waals surface area contributed by atoms with Gasteiger partial charge in [0.2, 0.25) is 0 Å². The Balaban J connectivity index is 0.000000531. The summed E-state index contributed by atoms with van der Waals surface area (Å²) in [6, 6.07) is 6.36. The summed E-state index contributed by atoms with van der Waals surface area (Å²) in [5.74, 6) is 0. The van der Waals surface area contributed by atoms with Crippen molar-refractivity contribution in [3.63, 3.8) is 0 Å². The summed E-state index contributed by atoms with van der Waals surface area (Å²) in [7, 11) is 1.00. The first-order valence-electron chi connectivity index (χ1n) is 4.04. The lowest BCUT2D eigenvalue weighted by atomic mass is 10.2. The summed E-state index contributed by atoms with van der Waals surface area (Å²) in [5.41, 5.74) is 2.43. The van der Waals surface area contributed by atoms with Crippen LogP contribution in [0.15, 0.2) is 18.2 Å². The van der Waals surface area contributed by atoms with Crippen molar-refractivity contribution in [2.24, 2.45) is 0 Å². The molecule has 0 aliphatic carbocycles. The monoisotopic (exact) mass is 231 g/mol. The van der Waals surface area contributed by atoms with Gasteiger partial charge in [0.25, 0.3) is 0 Å². The Hall–Kier alpha value is -0.640. The molecule has 0 aliphatic rings. The van der Waals surface area contributed by atoms with Crippen LogP contribution in [0.3, 0.4) is 0 Å². The van der Waals surface area contributed by atoms with Gasteiger partial charge < -0.3 is 5.11 Å². The molecule has 0 unspecified atom stereocenters. The van der Waals surface area contributed by atoms with Gasteiger partial charge in [-0.05, 0) is 31.5 Å². The quantitative estimate of drug-likeness (QED) is 0.756. The van der Waals surface area contributed by atoms with Gasteiger partial charge in [-0.25, -0.2) is 4.98 Å². The Morgan fingerprint density at radius 3 is 2.50 bits per heavy atom. The molecule has 1 N–H and O–H groups in total. The highest BCUT2D eigenvalue weighted by Gasteiger charge is 1.98. The van der Waals surface area contributed by atoms with E-state index in [2.05, 4.69) is 30.1 Å². The van der Waals surface area contributed by atoms with Crippen LogP contribution in [0.25, 0.3) is 10.2 Å². The molecule has 1 aromatic heterocycles. The van der Waals surface area contributed by atoms with Gasteiger partial charge in [0.05, 0.1) is 15.2 Å². The van der Waals surface area contributed by atoms with Gasteiger partial charge in [-0.1, -0.05) is 6.07 Å². The number of hydrogen-bond acceptors (Lipinski definition) is 3. The largest absolute Gasteiger partial charge is 0.400 e. The van der Waals surface area contributed by atoms with E-state index in [1.807, 2.05) is 6.92 Å². The summed E-state index contributed by atoms with van der Waals surface area (Å²) in [5, 5.41) is 8.14. The maximum absolute atomic E-state index is 7.00. The van der Waals surface area contributed by atoms with Gasteiger partial charge in [0.1, 0.15) is 0 Å². The number of benzene rings is 1. The van der Waals surface area contributed by atoms with Gasteiger partial charge in [-0.2, -0.15) is 0 Å². The molecule has 0 aliphatic heterocycles. The van der Waals surface area contributed by atoms with Crippen LogP contribution in [0, 0.1) is 13.8 Å². The van der Waals surface area contributed by atoms with E-state index in [0.717, 1.165) is 17.6 Å². The van der Waals surface area contributed by atoms with E-state index < -0.39 is 0 Å². The SMILES string of the molecule is CO.Cc1ccc2nc(C)sc2c1.Cl. The number of fused-ring (bicyclic) bond motifs is 1. The Morgan fingerprint density at radius 1 is 1.21 bits per heavy atom. The minimum absolute atomic E-state index is 0. The molecule has 2 nitrogen and oxygen atoms in total. The molecule has 0 saturated carbocycles. The number of nitrogens with zero attached hydrogens (tertiary/aromatic N) is 1. The predicted molar refractivity (Wildman–Crippen MR) is 64.5 cm³/mol. The minimum Gasteiger partial charge on any atom is -0.400 e. The number of aryl methyl sites for hydroxylation is 2. The molecular formula is C10H14ClNOS. The third-order valence-electron chi connectivity index (χ3n) is 1.65. The minimum atomic E-state index is 0. The second kappa shape index (κ2) is 5.96. The number of aliphatic hydroxyl groups is 1. The average Bonchev–Trinajstić information content (AvgIpc) is 2.48. The Morgan fingerprint density at radius 2 is 1.86 bits per heavy atom. The number of aromatic nitrogens is 1. The highest BCUT2D eigenvalue weighted by molar-refractivity contribution is 7.18. The molecule has 0 fully saturated rings. The smallest absolute Gasteiger partial charge is 0.0907 e. The highest BCUT2D eigenvalue weighted by Crippen LogP contribution is 2.21. The fraction of sp³-hybridized carbons (Fsp3) is 0.300. The first-order valence-corrected chi connectivity index (χ1v) is 4.86. The number of rotatable bonds is 0. The molecule has 4 heteroatoms. The van der Waals surface area contributed by atoms with Crippen LogP contribution in [0.1, 0.15) is 10.6 Å². The Labute approximate surface area is 94.0 Å². The lowest BCUT2D eigenvalue weighted by molar-refractivity contribution is 0.399. The van der Waals surface area contributed by atoms with Gasteiger partial charge in [-0.15, -0.1) is 23.7 Å². The van der Waals surface area contributed by atoms with E-state index in [1.54, 1.807) is 11.3 Å². The van der Waals surface area contributed by atoms with Crippen molar-refractivity contribution in [2.75, 3.05) is 7.11 Å². The van der Waals surface area contributed by atoms with Crippen molar-refractivity contribution >= 4 is 34.0 Å². The zero-order valence-corrected chi connectivity index (χ0v) is 10.1. The molecular weight excluding hydrogens is 218 g/mol. The van der Waals surface area contributed by atoms with Crippen LogP contribution in [0.4, 0.5) is 0 Å². The summed E-state index contributed by atoms with van der Waals surface area (Å²) in [4.78, 5) is 4.37. The molecule has 2 aromatic rings. The topological polar surface area (TPSA) is 33.1 Å². The number of halogens is 1. The summed E-state index contributed by atoms with van der Waals surface area (Å²) < 4.78 is 1.29. The van der Waals surface area contributed by atoms with Crippen LogP contribution in [0.2, 0.25) is 0 Å². The van der Waals surface area contributed by atoms with Crippen LogP contribution in [-0.2, 0) is 0 Å². The maximum atomic E-state index is 7.00. The van der Waals surface area contributed by atoms with Crippen LogP contribution in [-0.4, -0.2) is 17.2 Å². The van der Waals surface area contributed by atoms with Crippen molar-refractivity contribution < 1.29 is 5.11 Å². The average molecular weight is 232 g/mol. The molecule has 78 valence electrons. The third kappa shape index (κ3) is 2.94. The van der Waals surface area contributed by atoms with Crippen molar-refractivity contribution in [1.29, 1.82) is 0 Å². The van der Waals surface area contributed by atoms with Crippen molar-refractivity contribution in [3.8, 4) is 0 Å². The van der Waals surface area contributed by atoms with E-state index >= 15 is 0 Å². The first-order chi connectivity index (χ1) is 6.25.